The summed E-state index contributed by atoms with van der Waals surface area (Å²) < 4.78 is 22.3. The molecule has 1 aromatic rings. The Labute approximate surface area is 96.2 Å². The van der Waals surface area contributed by atoms with Crippen LogP contribution in [0, 0.1) is 0 Å². The number of nitrogens with zero attached hydrogens (tertiary/aromatic N) is 1. The van der Waals surface area contributed by atoms with Crippen LogP contribution in [0.4, 0.5) is 0 Å². The minimum absolute atomic E-state index is 0. The van der Waals surface area contributed by atoms with Crippen LogP contribution < -0.4 is 5.73 Å². The van der Waals surface area contributed by atoms with Gasteiger partial charge >= 0.3 is 0 Å². The van der Waals surface area contributed by atoms with E-state index in [1.807, 2.05) is 6.07 Å². The summed E-state index contributed by atoms with van der Waals surface area (Å²) in [5.74, 6) is 0. The van der Waals surface area contributed by atoms with Gasteiger partial charge in [0.25, 0.3) is 0 Å². The number of halogens is 1. The molecule has 1 aromatic heterocycles. The molecule has 0 bridgehead atoms. The van der Waals surface area contributed by atoms with E-state index in [2.05, 4.69) is 4.98 Å². The molecule has 86 valence electrons. The van der Waals surface area contributed by atoms with Crippen LogP contribution in [-0.4, -0.2) is 26.2 Å². The van der Waals surface area contributed by atoms with Crippen molar-refractivity contribution >= 4 is 22.2 Å². The predicted molar refractivity (Wildman–Crippen MR) is 62.0 cm³/mol. The Morgan fingerprint density at radius 3 is 2.67 bits per heavy atom. The zero-order valence-corrected chi connectivity index (χ0v) is 10.1. The lowest BCUT2D eigenvalue weighted by Gasteiger charge is -2.01. The van der Waals surface area contributed by atoms with Crippen molar-refractivity contribution in [2.75, 3.05) is 12.8 Å². The molecule has 0 spiro atoms. The maximum Gasteiger partial charge on any atom is 0.192 e. The minimum Gasteiger partial charge on any atom is -0.330 e. The zero-order chi connectivity index (χ0) is 10.6. The summed E-state index contributed by atoms with van der Waals surface area (Å²) in [6.07, 6.45) is 4.32. The van der Waals surface area contributed by atoms with E-state index in [4.69, 9.17) is 5.73 Å². The van der Waals surface area contributed by atoms with Crippen LogP contribution >= 0.6 is 12.4 Å². The van der Waals surface area contributed by atoms with Gasteiger partial charge in [-0.05, 0) is 37.1 Å². The molecular formula is C9H15ClN2O2S. The van der Waals surface area contributed by atoms with E-state index >= 15 is 0 Å². The summed E-state index contributed by atoms with van der Waals surface area (Å²) in [4.78, 5) is 3.80. The van der Waals surface area contributed by atoms with Crippen molar-refractivity contribution in [2.45, 2.75) is 17.9 Å². The first-order valence-electron chi connectivity index (χ1n) is 4.39. The molecule has 0 fully saturated rings. The van der Waals surface area contributed by atoms with E-state index in [0.29, 0.717) is 6.54 Å². The number of hydrogen-bond donors (Lipinski definition) is 1. The average molecular weight is 251 g/mol. The van der Waals surface area contributed by atoms with Crippen molar-refractivity contribution in [3.05, 3.63) is 23.9 Å². The molecule has 1 heterocycles. The number of rotatable bonds is 4. The van der Waals surface area contributed by atoms with E-state index in [1.54, 1.807) is 6.07 Å². The quantitative estimate of drug-likeness (QED) is 0.858. The Hall–Kier alpha value is -0.650. The van der Waals surface area contributed by atoms with Crippen molar-refractivity contribution in [3.8, 4) is 0 Å². The second-order valence-electron chi connectivity index (χ2n) is 3.17. The predicted octanol–water partition coefficient (Wildman–Crippen LogP) is 0.798. The van der Waals surface area contributed by atoms with Gasteiger partial charge in [-0.1, -0.05) is 0 Å². The summed E-state index contributed by atoms with van der Waals surface area (Å²) in [5, 5.41) is 0.132. The minimum atomic E-state index is -3.19. The monoisotopic (exact) mass is 250 g/mol. The van der Waals surface area contributed by atoms with Crippen LogP contribution in [-0.2, 0) is 16.3 Å². The third kappa shape index (κ3) is 4.59. The van der Waals surface area contributed by atoms with Gasteiger partial charge in [-0.3, -0.25) is 0 Å². The van der Waals surface area contributed by atoms with Crippen molar-refractivity contribution < 1.29 is 8.42 Å². The molecule has 0 aliphatic rings. The number of aromatic nitrogens is 1. The Balaban J connectivity index is 0.00000196. The number of sulfone groups is 1. The van der Waals surface area contributed by atoms with Gasteiger partial charge in [-0.25, -0.2) is 13.4 Å². The van der Waals surface area contributed by atoms with E-state index < -0.39 is 9.84 Å². The van der Waals surface area contributed by atoms with Crippen LogP contribution in [0.15, 0.2) is 23.4 Å². The highest BCUT2D eigenvalue weighted by molar-refractivity contribution is 7.90. The Kier molecular flexibility index (Phi) is 5.79. The maximum atomic E-state index is 11.2. The number of aryl methyl sites for hydroxylation is 1. The fourth-order valence-electron chi connectivity index (χ4n) is 1.11. The van der Waals surface area contributed by atoms with Gasteiger partial charge in [-0.2, -0.15) is 0 Å². The fourth-order valence-corrected chi connectivity index (χ4v) is 1.73. The molecule has 0 saturated carbocycles. The Bertz CT molecular complexity index is 406. The van der Waals surface area contributed by atoms with E-state index in [0.717, 1.165) is 24.7 Å². The fraction of sp³-hybridized carbons (Fsp3) is 0.444. The van der Waals surface area contributed by atoms with Gasteiger partial charge in [-0.15, -0.1) is 12.4 Å². The molecule has 0 radical (unpaired) electrons. The highest BCUT2D eigenvalue weighted by atomic mass is 35.5. The summed E-state index contributed by atoms with van der Waals surface area (Å²) in [5.41, 5.74) is 6.33. The molecular weight excluding hydrogens is 236 g/mol. The van der Waals surface area contributed by atoms with Crippen molar-refractivity contribution in [1.29, 1.82) is 0 Å². The molecule has 6 heteroatoms. The highest BCUT2D eigenvalue weighted by Gasteiger charge is 2.08. The molecule has 0 saturated heterocycles. The molecule has 0 aliphatic heterocycles. The van der Waals surface area contributed by atoms with Gasteiger partial charge in [0.1, 0.15) is 0 Å². The van der Waals surface area contributed by atoms with E-state index in [9.17, 15) is 8.42 Å². The van der Waals surface area contributed by atoms with Crippen molar-refractivity contribution in [3.63, 3.8) is 0 Å². The van der Waals surface area contributed by atoms with E-state index in [-0.39, 0.29) is 17.4 Å². The molecule has 0 unspecified atom stereocenters. The molecule has 0 aliphatic carbocycles. The van der Waals surface area contributed by atoms with E-state index in [1.165, 1.54) is 6.20 Å². The van der Waals surface area contributed by atoms with Crippen LogP contribution in [0.2, 0.25) is 0 Å². The third-order valence-electron chi connectivity index (χ3n) is 1.85. The lowest BCUT2D eigenvalue weighted by Crippen LogP contribution is -2.03. The normalized spacial score (nSPS) is 10.8. The molecule has 0 amide bonds. The molecule has 1 rings (SSSR count). The summed E-state index contributed by atoms with van der Waals surface area (Å²) in [6, 6.07) is 3.41. The smallest absolute Gasteiger partial charge is 0.192 e. The van der Waals surface area contributed by atoms with Crippen LogP contribution in [0.1, 0.15) is 12.0 Å². The Morgan fingerprint density at radius 2 is 2.13 bits per heavy atom. The lowest BCUT2D eigenvalue weighted by atomic mass is 10.1. The first-order valence-corrected chi connectivity index (χ1v) is 6.28. The maximum absolute atomic E-state index is 11.2. The molecule has 2 N–H and O–H groups in total. The average Bonchev–Trinajstić information content (AvgIpc) is 2.14. The standard InChI is InChI=1S/C9H14N2O2S.ClH/c1-14(12,13)9-7-8(3-2-5-10)4-6-11-9;/h4,6-7H,2-3,5,10H2,1H3;1H. The summed E-state index contributed by atoms with van der Waals surface area (Å²) in [6.45, 7) is 0.608. The SMILES string of the molecule is CS(=O)(=O)c1cc(CCCN)ccn1.Cl. The van der Waals surface area contributed by atoms with Crippen LogP contribution in [0.25, 0.3) is 0 Å². The Morgan fingerprint density at radius 1 is 1.47 bits per heavy atom. The lowest BCUT2D eigenvalue weighted by molar-refractivity contribution is 0.598. The van der Waals surface area contributed by atoms with Crippen molar-refractivity contribution in [2.24, 2.45) is 5.73 Å². The van der Waals surface area contributed by atoms with Gasteiger partial charge in [0.2, 0.25) is 0 Å². The van der Waals surface area contributed by atoms with Gasteiger partial charge in [0.05, 0.1) is 0 Å². The summed E-state index contributed by atoms with van der Waals surface area (Å²) >= 11 is 0. The number of nitrogens with two attached hydrogens (primary N) is 1. The molecule has 0 atom stereocenters. The first kappa shape index (κ1) is 14.3. The van der Waals surface area contributed by atoms with Crippen LogP contribution in [0.5, 0.6) is 0 Å². The third-order valence-corrected chi connectivity index (χ3v) is 2.83. The summed E-state index contributed by atoms with van der Waals surface area (Å²) in [7, 11) is -3.19. The van der Waals surface area contributed by atoms with Gasteiger partial charge in [0.15, 0.2) is 14.9 Å². The zero-order valence-electron chi connectivity index (χ0n) is 8.51. The largest absolute Gasteiger partial charge is 0.330 e. The second kappa shape index (κ2) is 6.05. The number of hydrogen-bond acceptors (Lipinski definition) is 4. The van der Waals surface area contributed by atoms with Crippen molar-refractivity contribution in [1.82, 2.24) is 4.98 Å². The number of pyridine rings is 1. The van der Waals surface area contributed by atoms with Gasteiger partial charge in [0, 0.05) is 12.5 Å². The second-order valence-corrected chi connectivity index (χ2v) is 5.13. The molecule has 4 nitrogen and oxygen atoms in total. The molecule has 15 heavy (non-hydrogen) atoms. The van der Waals surface area contributed by atoms with Gasteiger partial charge < -0.3 is 5.73 Å². The first-order chi connectivity index (χ1) is 6.54. The topological polar surface area (TPSA) is 73.0 Å². The molecule has 0 aromatic carbocycles. The van der Waals surface area contributed by atoms with Crippen LogP contribution in [0.3, 0.4) is 0 Å². The highest BCUT2D eigenvalue weighted by Crippen LogP contribution is 2.09.